The van der Waals surface area contributed by atoms with Crippen LogP contribution in [0.1, 0.15) is 21.6 Å². The van der Waals surface area contributed by atoms with Crippen molar-refractivity contribution in [2.75, 3.05) is 0 Å². The Morgan fingerprint density at radius 2 is 1.85 bits per heavy atom. The molecule has 0 aliphatic heterocycles. The molecular formula is C13H14N4O3. The van der Waals surface area contributed by atoms with Crippen molar-refractivity contribution in [1.82, 2.24) is 15.3 Å². The number of nitrogens with two attached hydrogens (primary N) is 1. The molecule has 20 heavy (non-hydrogen) atoms. The number of carbonyl (C=O) groups is 1. The molecule has 104 valence electrons. The Bertz CT molecular complexity index is 704. The molecule has 0 saturated heterocycles. The van der Waals surface area contributed by atoms with Crippen molar-refractivity contribution in [2.45, 2.75) is 13.1 Å². The molecule has 0 saturated carbocycles. The van der Waals surface area contributed by atoms with Gasteiger partial charge in [-0.1, -0.05) is 24.3 Å². The average Bonchev–Trinajstić information content (AvgIpc) is 2.44. The molecule has 1 aromatic carbocycles. The zero-order chi connectivity index (χ0) is 14.5. The van der Waals surface area contributed by atoms with Crippen molar-refractivity contribution in [2.24, 2.45) is 5.73 Å². The van der Waals surface area contributed by atoms with Crippen LogP contribution in [0.25, 0.3) is 0 Å². The maximum atomic E-state index is 11.9. The largest absolute Gasteiger partial charge is 0.347 e. The van der Waals surface area contributed by atoms with E-state index in [4.69, 9.17) is 5.73 Å². The highest BCUT2D eigenvalue weighted by Crippen LogP contribution is 2.07. The van der Waals surface area contributed by atoms with Gasteiger partial charge in [-0.05, 0) is 11.1 Å². The quantitative estimate of drug-likeness (QED) is 0.597. The number of nitrogens with one attached hydrogen (secondary N) is 3. The summed E-state index contributed by atoms with van der Waals surface area (Å²) < 4.78 is 0. The molecule has 1 heterocycles. The zero-order valence-corrected chi connectivity index (χ0v) is 10.6. The van der Waals surface area contributed by atoms with E-state index in [-0.39, 0.29) is 12.2 Å². The highest BCUT2D eigenvalue weighted by molar-refractivity contribution is 5.91. The van der Waals surface area contributed by atoms with E-state index in [2.05, 4.69) is 10.3 Å². The Morgan fingerprint density at radius 1 is 1.15 bits per heavy atom. The van der Waals surface area contributed by atoms with Crippen molar-refractivity contribution in [1.29, 1.82) is 0 Å². The summed E-state index contributed by atoms with van der Waals surface area (Å²) in [5.41, 5.74) is 5.99. The van der Waals surface area contributed by atoms with Gasteiger partial charge in [-0.3, -0.25) is 14.6 Å². The molecule has 1 aromatic heterocycles. The molecule has 0 radical (unpaired) electrons. The maximum absolute atomic E-state index is 11.9. The van der Waals surface area contributed by atoms with Crippen LogP contribution in [0.2, 0.25) is 0 Å². The summed E-state index contributed by atoms with van der Waals surface area (Å²) in [5, 5.41) is 2.63. The van der Waals surface area contributed by atoms with Crippen molar-refractivity contribution in [3.8, 4) is 0 Å². The minimum atomic E-state index is -0.718. The van der Waals surface area contributed by atoms with Crippen LogP contribution in [0.3, 0.4) is 0 Å². The lowest BCUT2D eigenvalue weighted by molar-refractivity contribution is 0.0945. The second-order valence-electron chi connectivity index (χ2n) is 4.16. The molecule has 0 spiro atoms. The summed E-state index contributed by atoms with van der Waals surface area (Å²) in [4.78, 5) is 38.3. The van der Waals surface area contributed by atoms with E-state index in [0.717, 1.165) is 17.2 Å². The number of carbonyl (C=O) groups excluding carboxylic acids is 1. The number of hydrogen-bond donors (Lipinski definition) is 4. The number of aromatic nitrogens is 2. The third-order valence-electron chi connectivity index (χ3n) is 2.78. The molecule has 5 N–H and O–H groups in total. The highest BCUT2D eigenvalue weighted by Gasteiger charge is 2.08. The summed E-state index contributed by atoms with van der Waals surface area (Å²) in [6.07, 6.45) is 0. The van der Waals surface area contributed by atoms with Gasteiger partial charge >= 0.3 is 5.69 Å². The van der Waals surface area contributed by atoms with Gasteiger partial charge in [0.15, 0.2) is 0 Å². The molecule has 2 aromatic rings. The van der Waals surface area contributed by atoms with Gasteiger partial charge in [0.2, 0.25) is 0 Å². The summed E-state index contributed by atoms with van der Waals surface area (Å²) in [6, 6.07) is 8.46. The minimum absolute atomic E-state index is 0.0796. The summed E-state index contributed by atoms with van der Waals surface area (Å²) >= 11 is 0. The van der Waals surface area contributed by atoms with Gasteiger partial charge in [-0.2, -0.15) is 0 Å². The number of aromatic amines is 2. The van der Waals surface area contributed by atoms with Gasteiger partial charge in [0, 0.05) is 19.2 Å². The molecule has 7 heteroatoms. The predicted octanol–water partition coefficient (Wildman–Crippen LogP) is -0.548. The molecule has 0 aliphatic carbocycles. The first kappa shape index (κ1) is 13.8. The Kier molecular flexibility index (Phi) is 4.11. The monoisotopic (exact) mass is 274 g/mol. The van der Waals surface area contributed by atoms with Crippen LogP contribution < -0.4 is 22.3 Å². The Balaban J connectivity index is 2.12. The third kappa shape index (κ3) is 3.21. The maximum Gasteiger partial charge on any atom is 0.326 e. The summed E-state index contributed by atoms with van der Waals surface area (Å²) in [7, 11) is 0. The van der Waals surface area contributed by atoms with Crippen LogP contribution in [0.5, 0.6) is 0 Å². The van der Waals surface area contributed by atoms with E-state index in [0.29, 0.717) is 6.54 Å². The molecule has 1 amide bonds. The Labute approximate surface area is 113 Å². The van der Waals surface area contributed by atoms with E-state index < -0.39 is 17.2 Å². The SMILES string of the molecule is NCc1ccccc1CNC(=O)c1cc(=O)[nH]c(=O)[nH]1. The molecule has 2 rings (SSSR count). The zero-order valence-electron chi connectivity index (χ0n) is 10.6. The number of rotatable bonds is 4. The third-order valence-corrected chi connectivity index (χ3v) is 2.78. The van der Waals surface area contributed by atoms with Crippen molar-refractivity contribution >= 4 is 5.91 Å². The van der Waals surface area contributed by atoms with Crippen LogP contribution in [0.4, 0.5) is 0 Å². The van der Waals surface area contributed by atoms with E-state index in [1.807, 2.05) is 29.2 Å². The lowest BCUT2D eigenvalue weighted by atomic mass is 10.1. The number of H-pyrrole nitrogens is 2. The van der Waals surface area contributed by atoms with Crippen molar-refractivity contribution in [3.63, 3.8) is 0 Å². The predicted molar refractivity (Wildman–Crippen MR) is 73.2 cm³/mol. The fourth-order valence-corrected chi connectivity index (χ4v) is 1.79. The summed E-state index contributed by atoms with van der Waals surface area (Å²) in [5.74, 6) is -0.528. The number of hydrogen-bond acceptors (Lipinski definition) is 4. The molecule has 0 unspecified atom stereocenters. The first-order chi connectivity index (χ1) is 9.60. The van der Waals surface area contributed by atoms with E-state index in [1.54, 1.807) is 0 Å². The average molecular weight is 274 g/mol. The van der Waals surface area contributed by atoms with Gasteiger partial charge in [0.25, 0.3) is 11.5 Å². The number of benzene rings is 1. The van der Waals surface area contributed by atoms with Gasteiger partial charge in [-0.25, -0.2) is 4.79 Å². The molecule has 0 aliphatic rings. The van der Waals surface area contributed by atoms with E-state index >= 15 is 0 Å². The molecule has 0 bridgehead atoms. The summed E-state index contributed by atoms with van der Waals surface area (Å²) in [6.45, 7) is 0.634. The first-order valence-corrected chi connectivity index (χ1v) is 5.99. The fraction of sp³-hybridized carbons (Fsp3) is 0.154. The first-order valence-electron chi connectivity index (χ1n) is 5.99. The van der Waals surface area contributed by atoms with Gasteiger partial charge in [0.05, 0.1) is 0 Å². The van der Waals surface area contributed by atoms with Gasteiger partial charge < -0.3 is 16.0 Å². The Morgan fingerprint density at radius 3 is 2.50 bits per heavy atom. The topological polar surface area (TPSA) is 121 Å². The number of amides is 1. The molecule has 0 fully saturated rings. The van der Waals surface area contributed by atoms with Crippen molar-refractivity contribution in [3.05, 3.63) is 68.0 Å². The van der Waals surface area contributed by atoms with Crippen LogP contribution in [-0.4, -0.2) is 15.9 Å². The van der Waals surface area contributed by atoms with E-state index in [9.17, 15) is 14.4 Å². The Hall–Kier alpha value is -2.67. The van der Waals surface area contributed by atoms with Gasteiger partial charge in [-0.15, -0.1) is 0 Å². The van der Waals surface area contributed by atoms with Crippen LogP contribution in [-0.2, 0) is 13.1 Å². The van der Waals surface area contributed by atoms with Gasteiger partial charge in [0.1, 0.15) is 5.69 Å². The molecule has 7 nitrogen and oxygen atoms in total. The minimum Gasteiger partial charge on any atom is -0.347 e. The second-order valence-corrected chi connectivity index (χ2v) is 4.16. The van der Waals surface area contributed by atoms with E-state index in [1.165, 1.54) is 0 Å². The van der Waals surface area contributed by atoms with Crippen molar-refractivity contribution < 1.29 is 4.79 Å². The lowest BCUT2D eigenvalue weighted by Gasteiger charge is -2.08. The van der Waals surface area contributed by atoms with Crippen LogP contribution >= 0.6 is 0 Å². The molecular weight excluding hydrogens is 260 g/mol. The van der Waals surface area contributed by atoms with Crippen LogP contribution in [0.15, 0.2) is 39.9 Å². The van der Waals surface area contributed by atoms with Crippen LogP contribution in [0, 0.1) is 0 Å². The lowest BCUT2D eigenvalue weighted by Crippen LogP contribution is -2.30. The highest BCUT2D eigenvalue weighted by atomic mass is 16.2. The normalized spacial score (nSPS) is 10.2. The molecule has 0 atom stereocenters. The standard InChI is InChI=1S/C13H14N4O3/c14-6-8-3-1-2-4-9(8)7-15-12(19)10-5-11(18)17-13(20)16-10/h1-5H,6-7,14H2,(H,15,19)(H2,16,17,18,20). The smallest absolute Gasteiger partial charge is 0.326 e. The second kappa shape index (κ2) is 5.98. The fourth-order valence-electron chi connectivity index (χ4n) is 1.79.